The van der Waals surface area contributed by atoms with Gasteiger partial charge in [-0.05, 0) is 63.1 Å². The number of carbonyl (C=O) groups is 2. The number of alkyl halides is 3. The number of aromatic nitrogens is 1. The van der Waals surface area contributed by atoms with Gasteiger partial charge in [0.1, 0.15) is 11.4 Å². The number of fused-ring (bicyclic) bond motifs is 1. The highest BCUT2D eigenvalue weighted by atomic mass is 19.4. The summed E-state index contributed by atoms with van der Waals surface area (Å²) in [4.78, 5) is 31.5. The molecule has 1 saturated heterocycles. The summed E-state index contributed by atoms with van der Waals surface area (Å²) in [6, 6.07) is 8.90. The zero-order chi connectivity index (χ0) is 33.3. The molecule has 2 heterocycles. The Bertz CT molecular complexity index is 1540. The Morgan fingerprint density at radius 1 is 1.04 bits per heavy atom. The van der Waals surface area contributed by atoms with Gasteiger partial charge < -0.3 is 19.1 Å². The number of methoxy groups -OCH3 is 2. The van der Waals surface area contributed by atoms with Crippen LogP contribution >= 0.6 is 0 Å². The lowest BCUT2D eigenvalue weighted by Gasteiger charge is -2.42. The number of anilines is 1. The van der Waals surface area contributed by atoms with E-state index in [2.05, 4.69) is 4.90 Å². The Morgan fingerprint density at radius 3 is 2.36 bits per heavy atom. The first-order valence-electron chi connectivity index (χ1n) is 14.9. The first kappa shape index (κ1) is 34.1. The number of hydrogen-bond acceptors (Lipinski definition) is 8. The number of benzene rings is 2. The molecule has 0 aliphatic carbocycles. The topological polar surface area (TPSA) is 76.5 Å². The molecule has 1 aliphatic rings. The van der Waals surface area contributed by atoms with Gasteiger partial charge in [0.15, 0.2) is 0 Å². The highest BCUT2D eigenvalue weighted by Gasteiger charge is 2.34. The summed E-state index contributed by atoms with van der Waals surface area (Å²) in [6.07, 6.45) is -3.95. The largest absolute Gasteiger partial charge is 0.496 e. The lowest BCUT2D eigenvalue weighted by Crippen LogP contribution is -2.48. The van der Waals surface area contributed by atoms with E-state index in [1.807, 2.05) is 75.9 Å². The van der Waals surface area contributed by atoms with Crippen LogP contribution in [0.25, 0.3) is 10.9 Å². The molecule has 0 radical (unpaired) electrons. The predicted octanol–water partition coefficient (Wildman–Crippen LogP) is 6.41. The van der Waals surface area contributed by atoms with E-state index in [1.54, 1.807) is 19.4 Å². The van der Waals surface area contributed by atoms with Crippen molar-refractivity contribution < 1.29 is 37.0 Å². The van der Waals surface area contributed by atoms with Crippen LogP contribution in [0.15, 0.2) is 36.5 Å². The number of piperazine rings is 1. The number of halogens is 3. The lowest BCUT2D eigenvalue weighted by atomic mass is 9.97. The molecule has 0 spiro atoms. The van der Waals surface area contributed by atoms with Crippen molar-refractivity contribution in [1.29, 1.82) is 0 Å². The molecular formula is C33H43F3N4O5. The van der Waals surface area contributed by atoms with E-state index in [4.69, 9.17) is 14.2 Å². The summed E-state index contributed by atoms with van der Waals surface area (Å²) in [6.45, 7) is 8.94. The zero-order valence-electron chi connectivity index (χ0n) is 27.2. The molecular weight excluding hydrogens is 589 g/mol. The van der Waals surface area contributed by atoms with E-state index in [1.165, 1.54) is 11.7 Å². The maximum absolute atomic E-state index is 13.2. The van der Waals surface area contributed by atoms with Gasteiger partial charge in [0, 0.05) is 70.0 Å². The summed E-state index contributed by atoms with van der Waals surface area (Å²) >= 11 is 0. The van der Waals surface area contributed by atoms with Gasteiger partial charge in [-0.15, -0.1) is 0 Å². The van der Waals surface area contributed by atoms with Gasteiger partial charge in [-0.2, -0.15) is 13.2 Å². The van der Waals surface area contributed by atoms with Crippen LogP contribution < -0.4 is 9.64 Å². The van der Waals surface area contributed by atoms with E-state index in [0.29, 0.717) is 48.7 Å². The van der Waals surface area contributed by atoms with Crippen LogP contribution in [-0.4, -0.2) is 92.7 Å². The third-order valence-corrected chi connectivity index (χ3v) is 7.98. The molecule has 0 amide bonds. The van der Waals surface area contributed by atoms with Crippen molar-refractivity contribution in [2.24, 2.45) is 0 Å². The van der Waals surface area contributed by atoms with Gasteiger partial charge in [0.2, 0.25) is 0 Å². The third-order valence-electron chi connectivity index (χ3n) is 7.98. The monoisotopic (exact) mass is 632 g/mol. The molecule has 0 saturated carbocycles. The Balaban J connectivity index is 1.77. The molecule has 0 unspecified atom stereocenters. The number of ether oxygens (including phenoxy) is 3. The van der Waals surface area contributed by atoms with Crippen LogP contribution in [0.2, 0.25) is 0 Å². The molecule has 0 bridgehead atoms. The molecule has 3 aromatic rings. The van der Waals surface area contributed by atoms with Gasteiger partial charge >= 0.3 is 18.2 Å². The molecule has 12 heteroatoms. The molecule has 1 aromatic heterocycles. The van der Waals surface area contributed by atoms with Crippen molar-refractivity contribution in [3.8, 4) is 5.75 Å². The van der Waals surface area contributed by atoms with Crippen molar-refractivity contribution in [2.45, 2.75) is 58.5 Å². The summed E-state index contributed by atoms with van der Waals surface area (Å²) in [5.74, 6) is 0.175. The fourth-order valence-corrected chi connectivity index (χ4v) is 5.85. The van der Waals surface area contributed by atoms with Crippen LogP contribution in [-0.2, 0) is 16.0 Å². The minimum absolute atomic E-state index is 0.106. The normalized spacial score (nSPS) is 16.6. The molecule has 1 fully saturated rings. The molecule has 45 heavy (non-hydrogen) atoms. The number of aryl methyl sites for hydroxylation is 1. The second-order valence-electron chi connectivity index (χ2n) is 12.6. The summed E-state index contributed by atoms with van der Waals surface area (Å²) < 4.78 is 57.5. The van der Waals surface area contributed by atoms with E-state index >= 15 is 0 Å². The molecule has 1 aliphatic heterocycles. The van der Waals surface area contributed by atoms with Crippen molar-refractivity contribution in [1.82, 2.24) is 14.4 Å². The molecule has 9 nitrogen and oxygen atoms in total. The van der Waals surface area contributed by atoms with Crippen LogP contribution in [0.1, 0.15) is 60.3 Å². The van der Waals surface area contributed by atoms with Gasteiger partial charge in [-0.25, -0.2) is 9.59 Å². The average molecular weight is 633 g/mol. The zero-order valence-corrected chi connectivity index (χ0v) is 27.2. The van der Waals surface area contributed by atoms with Crippen molar-refractivity contribution in [3.05, 3.63) is 58.8 Å². The summed E-state index contributed by atoms with van der Waals surface area (Å²) in [7, 11) is 6.56. The highest BCUT2D eigenvalue weighted by Crippen LogP contribution is 2.37. The Kier molecular flexibility index (Phi) is 10.1. The predicted molar refractivity (Wildman–Crippen MR) is 167 cm³/mol. The number of rotatable bonds is 8. The minimum Gasteiger partial charge on any atom is -0.496 e. The Hall–Kier alpha value is -3.77. The number of esters is 1. The van der Waals surface area contributed by atoms with Gasteiger partial charge in [0.25, 0.3) is 0 Å². The minimum atomic E-state index is -4.25. The maximum atomic E-state index is 13.2. The Labute approximate surface area is 262 Å². The summed E-state index contributed by atoms with van der Waals surface area (Å²) in [5.41, 5.74) is 3.63. The Morgan fingerprint density at radius 2 is 1.76 bits per heavy atom. The van der Waals surface area contributed by atoms with Gasteiger partial charge in [0.05, 0.1) is 37.4 Å². The van der Waals surface area contributed by atoms with E-state index in [0.717, 1.165) is 22.1 Å². The van der Waals surface area contributed by atoms with Gasteiger partial charge in [-0.1, -0.05) is 6.07 Å². The molecule has 2 aromatic carbocycles. The highest BCUT2D eigenvalue weighted by molar-refractivity contribution is 5.96. The maximum Gasteiger partial charge on any atom is 0.419 e. The van der Waals surface area contributed by atoms with E-state index in [-0.39, 0.29) is 12.6 Å². The first-order chi connectivity index (χ1) is 21.0. The van der Waals surface area contributed by atoms with Crippen LogP contribution in [0.3, 0.4) is 0 Å². The number of carbonyl (C=O) groups excluding carboxylic acids is 2. The van der Waals surface area contributed by atoms with Crippen LogP contribution in [0.5, 0.6) is 5.75 Å². The SMILES string of the molecule is COC(=O)c1ccc([C@H]2CN(CCC(F)(F)F)CCN2Cc2c(OC)cc(C)c3c2ccn3C(=O)OC(C)(C)C)cc1N(C)C. The van der Waals surface area contributed by atoms with Gasteiger partial charge in [-0.3, -0.25) is 14.4 Å². The van der Waals surface area contributed by atoms with Crippen LogP contribution in [0, 0.1) is 6.92 Å². The third kappa shape index (κ3) is 7.91. The average Bonchev–Trinajstić information content (AvgIpc) is 3.42. The second kappa shape index (κ2) is 13.3. The van der Waals surface area contributed by atoms with E-state index < -0.39 is 30.3 Å². The standard InChI is InChI=1S/C33H43F3N4O5/c1-21-17-28(43-7)25(23-11-13-40(29(21)23)31(42)45-32(2,3)4)19-39-16-15-38(14-12-33(34,35)36)20-27(39)22-9-10-24(30(41)44-8)26(18-22)37(5)6/h9-11,13,17-18,27H,12,14-16,19-20H2,1-8H3/t27-/m1/s1. The van der Waals surface area contributed by atoms with Crippen molar-refractivity contribution in [2.75, 3.05) is 59.4 Å². The fourth-order valence-electron chi connectivity index (χ4n) is 5.85. The van der Waals surface area contributed by atoms with Crippen LogP contribution in [0.4, 0.5) is 23.7 Å². The second-order valence-corrected chi connectivity index (χ2v) is 12.6. The fraction of sp³-hybridized carbons (Fsp3) is 0.515. The smallest absolute Gasteiger partial charge is 0.419 e. The molecule has 0 N–H and O–H groups in total. The van der Waals surface area contributed by atoms with E-state index in [9.17, 15) is 22.8 Å². The number of hydrogen-bond donors (Lipinski definition) is 0. The molecule has 1 atom stereocenters. The lowest BCUT2D eigenvalue weighted by molar-refractivity contribution is -0.139. The first-order valence-corrected chi connectivity index (χ1v) is 14.9. The molecule has 246 valence electrons. The summed E-state index contributed by atoms with van der Waals surface area (Å²) in [5, 5.41) is 0.825. The quantitative estimate of drug-likeness (QED) is 0.264. The number of nitrogens with zero attached hydrogens (tertiary/aromatic N) is 4. The van der Waals surface area contributed by atoms with Crippen molar-refractivity contribution >= 4 is 28.7 Å². The molecule has 4 rings (SSSR count). The van der Waals surface area contributed by atoms with Crippen molar-refractivity contribution in [3.63, 3.8) is 0 Å².